The van der Waals surface area contributed by atoms with Gasteiger partial charge in [0.05, 0.1) is 28.2 Å². The van der Waals surface area contributed by atoms with Crippen molar-refractivity contribution in [1.82, 2.24) is 14.7 Å². The van der Waals surface area contributed by atoms with Crippen LogP contribution in [-0.4, -0.2) is 38.9 Å². The maximum absolute atomic E-state index is 12.3. The zero-order valence-electron chi connectivity index (χ0n) is 15.9. The van der Waals surface area contributed by atoms with E-state index < -0.39 is 0 Å². The lowest BCUT2D eigenvalue weighted by atomic mass is 10.1. The number of nitrogens with one attached hydrogen (secondary N) is 1. The van der Waals surface area contributed by atoms with Gasteiger partial charge in [0.15, 0.2) is 0 Å². The molecule has 1 aliphatic heterocycles. The maximum atomic E-state index is 12.3. The standard InChI is InChI=1S/C20H24N4O3/c1-13-18(14(2)23(3)22-13)21-17(25)11-5-4-8-12-24-19(26)15-9-6-7-10-16(15)20(24)27/h6-7,9-10H,4-5,8,11-12H2,1-3H3,(H,21,25). The Morgan fingerprint density at radius 3 is 2.22 bits per heavy atom. The fraction of sp³-hybridized carbons (Fsp3) is 0.400. The van der Waals surface area contributed by atoms with E-state index in [0.29, 0.717) is 36.9 Å². The number of rotatable bonds is 7. The number of unbranched alkanes of at least 4 members (excludes halogenated alkanes) is 2. The molecular weight excluding hydrogens is 344 g/mol. The fourth-order valence-corrected chi connectivity index (χ4v) is 3.33. The Kier molecular flexibility index (Phi) is 5.39. The molecule has 27 heavy (non-hydrogen) atoms. The number of aryl methyl sites for hydroxylation is 2. The molecule has 1 aromatic heterocycles. The van der Waals surface area contributed by atoms with Crippen molar-refractivity contribution in [2.24, 2.45) is 7.05 Å². The van der Waals surface area contributed by atoms with Crippen molar-refractivity contribution in [2.75, 3.05) is 11.9 Å². The van der Waals surface area contributed by atoms with Gasteiger partial charge in [-0.1, -0.05) is 18.6 Å². The van der Waals surface area contributed by atoms with E-state index in [1.165, 1.54) is 4.90 Å². The third kappa shape index (κ3) is 3.77. The number of fused-ring (bicyclic) bond motifs is 1. The molecule has 0 saturated carbocycles. The number of amides is 3. The second-order valence-electron chi connectivity index (χ2n) is 6.84. The van der Waals surface area contributed by atoms with E-state index in [9.17, 15) is 14.4 Å². The van der Waals surface area contributed by atoms with E-state index in [0.717, 1.165) is 23.5 Å². The average Bonchev–Trinajstić information content (AvgIpc) is 3.03. The summed E-state index contributed by atoms with van der Waals surface area (Å²) in [5.41, 5.74) is 3.45. The minimum absolute atomic E-state index is 0.0464. The van der Waals surface area contributed by atoms with Crippen LogP contribution < -0.4 is 5.32 Å². The predicted octanol–water partition coefficient (Wildman–Crippen LogP) is 2.83. The molecule has 2 heterocycles. The Morgan fingerprint density at radius 1 is 1.04 bits per heavy atom. The van der Waals surface area contributed by atoms with Gasteiger partial charge in [-0.2, -0.15) is 5.10 Å². The summed E-state index contributed by atoms with van der Waals surface area (Å²) in [6.45, 7) is 4.16. The van der Waals surface area contributed by atoms with E-state index in [-0.39, 0.29) is 17.7 Å². The Hall–Kier alpha value is -2.96. The smallest absolute Gasteiger partial charge is 0.261 e. The molecule has 0 bridgehead atoms. The number of aromatic nitrogens is 2. The van der Waals surface area contributed by atoms with Gasteiger partial charge in [-0.25, -0.2) is 0 Å². The number of hydrogen-bond acceptors (Lipinski definition) is 4. The summed E-state index contributed by atoms with van der Waals surface area (Å²) in [5.74, 6) is -0.498. The first kappa shape index (κ1) is 18.8. The Balaban J connectivity index is 1.42. The van der Waals surface area contributed by atoms with Crippen molar-refractivity contribution in [3.05, 3.63) is 46.8 Å². The summed E-state index contributed by atoms with van der Waals surface area (Å²) in [6.07, 6.45) is 2.55. The van der Waals surface area contributed by atoms with Gasteiger partial charge in [-0.05, 0) is 38.8 Å². The van der Waals surface area contributed by atoms with Crippen LogP contribution in [0.5, 0.6) is 0 Å². The summed E-state index contributed by atoms with van der Waals surface area (Å²) in [4.78, 5) is 38.0. The van der Waals surface area contributed by atoms with E-state index in [1.807, 2.05) is 20.9 Å². The van der Waals surface area contributed by atoms with Crippen LogP contribution in [-0.2, 0) is 11.8 Å². The van der Waals surface area contributed by atoms with Gasteiger partial charge in [0, 0.05) is 20.0 Å². The molecule has 1 N–H and O–H groups in total. The molecule has 3 amide bonds. The largest absolute Gasteiger partial charge is 0.323 e. The molecule has 7 nitrogen and oxygen atoms in total. The van der Waals surface area contributed by atoms with Crippen molar-refractivity contribution < 1.29 is 14.4 Å². The lowest BCUT2D eigenvalue weighted by Crippen LogP contribution is -2.30. The number of carbonyl (C=O) groups is 3. The molecular formula is C20H24N4O3. The van der Waals surface area contributed by atoms with Gasteiger partial charge in [0.2, 0.25) is 5.91 Å². The molecule has 0 spiro atoms. The fourth-order valence-electron chi connectivity index (χ4n) is 3.33. The normalized spacial score (nSPS) is 13.2. The molecule has 3 rings (SSSR count). The summed E-state index contributed by atoms with van der Waals surface area (Å²) >= 11 is 0. The molecule has 142 valence electrons. The topological polar surface area (TPSA) is 84.3 Å². The van der Waals surface area contributed by atoms with Crippen LogP contribution in [0.25, 0.3) is 0 Å². The van der Waals surface area contributed by atoms with Gasteiger partial charge < -0.3 is 5.32 Å². The van der Waals surface area contributed by atoms with Gasteiger partial charge in [0.1, 0.15) is 0 Å². The molecule has 0 fully saturated rings. The Bertz CT molecular complexity index is 866. The van der Waals surface area contributed by atoms with E-state index in [4.69, 9.17) is 0 Å². The van der Waals surface area contributed by atoms with Crippen LogP contribution in [0, 0.1) is 13.8 Å². The van der Waals surface area contributed by atoms with Crippen LogP contribution in [0.15, 0.2) is 24.3 Å². The molecule has 0 radical (unpaired) electrons. The minimum Gasteiger partial charge on any atom is -0.323 e. The van der Waals surface area contributed by atoms with Gasteiger partial charge >= 0.3 is 0 Å². The second kappa shape index (κ2) is 7.73. The van der Waals surface area contributed by atoms with E-state index >= 15 is 0 Å². The van der Waals surface area contributed by atoms with Crippen molar-refractivity contribution in [3.63, 3.8) is 0 Å². The third-order valence-corrected chi connectivity index (χ3v) is 4.94. The number of benzene rings is 1. The molecule has 7 heteroatoms. The molecule has 2 aromatic rings. The predicted molar refractivity (Wildman–Crippen MR) is 102 cm³/mol. The zero-order valence-corrected chi connectivity index (χ0v) is 15.9. The molecule has 0 aliphatic carbocycles. The highest BCUT2D eigenvalue weighted by Gasteiger charge is 2.34. The van der Waals surface area contributed by atoms with Crippen molar-refractivity contribution in [1.29, 1.82) is 0 Å². The first-order valence-electron chi connectivity index (χ1n) is 9.15. The lowest BCUT2D eigenvalue weighted by molar-refractivity contribution is -0.116. The van der Waals surface area contributed by atoms with Crippen LogP contribution in [0.4, 0.5) is 5.69 Å². The molecule has 1 aromatic carbocycles. The highest BCUT2D eigenvalue weighted by molar-refractivity contribution is 6.21. The Labute approximate surface area is 158 Å². The number of anilines is 1. The second-order valence-corrected chi connectivity index (χ2v) is 6.84. The SMILES string of the molecule is Cc1nn(C)c(C)c1NC(=O)CCCCCN1C(=O)c2ccccc2C1=O. The van der Waals surface area contributed by atoms with Crippen molar-refractivity contribution >= 4 is 23.4 Å². The molecule has 0 saturated heterocycles. The quantitative estimate of drug-likeness (QED) is 0.602. The van der Waals surface area contributed by atoms with Gasteiger partial charge in [-0.3, -0.25) is 24.0 Å². The maximum Gasteiger partial charge on any atom is 0.261 e. The summed E-state index contributed by atoms with van der Waals surface area (Å²) in [5, 5.41) is 7.20. The van der Waals surface area contributed by atoms with Crippen LogP contribution in [0.2, 0.25) is 0 Å². The number of nitrogens with zero attached hydrogens (tertiary/aromatic N) is 3. The summed E-state index contributed by atoms with van der Waals surface area (Å²) in [6, 6.07) is 6.89. The molecule has 0 atom stereocenters. The van der Waals surface area contributed by atoms with Crippen LogP contribution >= 0.6 is 0 Å². The monoisotopic (exact) mass is 368 g/mol. The lowest BCUT2D eigenvalue weighted by Gasteiger charge is -2.13. The van der Waals surface area contributed by atoms with Crippen LogP contribution in [0.1, 0.15) is 57.8 Å². The number of imide groups is 1. The van der Waals surface area contributed by atoms with Gasteiger partial charge in [-0.15, -0.1) is 0 Å². The van der Waals surface area contributed by atoms with Gasteiger partial charge in [0.25, 0.3) is 11.8 Å². The zero-order chi connectivity index (χ0) is 19.6. The molecule has 1 aliphatic rings. The highest BCUT2D eigenvalue weighted by Crippen LogP contribution is 2.23. The number of hydrogen-bond donors (Lipinski definition) is 1. The third-order valence-electron chi connectivity index (χ3n) is 4.94. The van der Waals surface area contributed by atoms with Crippen molar-refractivity contribution in [2.45, 2.75) is 39.5 Å². The highest BCUT2D eigenvalue weighted by atomic mass is 16.2. The van der Waals surface area contributed by atoms with E-state index in [1.54, 1.807) is 28.9 Å². The average molecular weight is 368 g/mol. The first-order chi connectivity index (χ1) is 12.9. The first-order valence-corrected chi connectivity index (χ1v) is 9.15. The summed E-state index contributed by atoms with van der Waals surface area (Å²) < 4.78 is 1.74. The summed E-state index contributed by atoms with van der Waals surface area (Å²) in [7, 11) is 1.84. The number of carbonyl (C=O) groups excluding carboxylic acids is 3. The minimum atomic E-state index is -0.226. The Morgan fingerprint density at radius 2 is 1.67 bits per heavy atom. The van der Waals surface area contributed by atoms with Crippen LogP contribution in [0.3, 0.4) is 0 Å². The molecule has 0 unspecified atom stereocenters. The van der Waals surface area contributed by atoms with E-state index in [2.05, 4.69) is 10.4 Å². The van der Waals surface area contributed by atoms with Crippen molar-refractivity contribution in [3.8, 4) is 0 Å².